The van der Waals surface area contributed by atoms with Crippen LogP contribution >= 0.6 is 11.6 Å². The van der Waals surface area contributed by atoms with Crippen LogP contribution in [-0.4, -0.2) is 32.5 Å². The van der Waals surface area contributed by atoms with E-state index in [1.54, 1.807) is 7.11 Å². The molecule has 0 spiro atoms. The lowest BCUT2D eigenvalue weighted by Gasteiger charge is -2.08. The first-order chi connectivity index (χ1) is 5.20. The minimum absolute atomic E-state index is 0.450. The van der Waals surface area contributed by atoms with Crippen LogP contribution in [-0.2, 0) is 14.2 Å². The van der Waals surface area contributed by atoms with Crippen molar-refractivity contribution in [2.24, 2.45) is 0 Å². The van der Waals surface area contributed by atoms with E-state index in [-0.39, 0.29) is 0 Å². The summed E-state index contributed by atoms with van der Waals surface area (Å²) in [4.78, 5) is 10.4. The summed E-state index contributed by atoms with van der Waals surface area (Å²) >= 11 is 5.53. The van der Waals surface area contributed by atoms with Crippen LogP contribution in [0.3, 0.4) is 0 Å². The summed E-state index contributed by atoms with van der Waals surface area (Å²) in [5.74, 6) is 0. The number of hydrogen-bond acceptors (Lipinski definition) is 4. The van der Waals surface area contributed by atoms with Gasteiger partial charge in [-0.15, -0.1) is 0 Å². The number of ether oxygens (including phenoxy) is 3. The van der Waals surface area contributed by atoms with Crippen LogP contribution in [0.15, 0.2) is 0 Å². The number of alkyl halides is 1. The fraction of sp³-hybridized carbons (Fsp3) is 0.833. The fourth-order valence-corrected chi connectivity index (χ4v) is 0.584. The first kappa shape index (κ1) is 10.5. The van der Waals surface area contributed by atoms with E-state index < -0.39 is 11.7 Å². The normalized spacial score (nSPS) is 12.3. The van der Waals surface area contributed by atoms with Crippen LogP contribution in [0.5, 0.6) is 0 Å². The number of rotatable bonds is 4. The zero-order valence-electron chi connectivity index (χ0n) is 6.50. The van der Waals surface area contributed by atoms with Crippen molar-refractivity contribution in [2.75, 3.05) is 20.8 Å². The van der Waals surface area contributed by atoms with E-state index in [4.69, 9.17) is 16.3 Å². The summed E-state index contributed by atoms with van der Waals surface area (Å²) in [7, 11) is 2.77. The molecule has 0 aromatic carbocycles. The molecule has 0 aliphatic rings. The van der Waals surface area contributed by atoms with Crippen LogP contribution in [0.25, 0.3) is 0 Å². The predicted octanol–water partition coefficient (Wildman–Crippen LogP) is 1.37. The van der Waals surface area contributed by atoms with Crippen molar-refractivity contribution in [3.05, 3.63) is 0 Å². The second-order valence-electron chi connectivity index (χ2n) is 1.76. The van der Waals surface area contributed by atoms with Gasteiger partial charge in [0.25, 0.3) is 0 Å². The molecule has 0 aromatic heterocycles. The zero-order valence-corrected chi connectivity index (χ0v) is 7.26. The molecule has 1 unspecified atom stereocenters. The van der Waals surface area contributed by atoms with E-state index >= 15 is 0 Å². The van der Waals surface area contributed by atoms with E-state index in [2.05, 4.69) is 9.47 Å². The van der Waals surface area contributed by atoms with Gasteiger partial charge in [0.1, 0.15) is 0 Å². The summed E-state index contributed by atoms with van der Waals surface area (Å²) in [5, 5.41) is 0. The Morgan fingerprint density at radius 1 is 1.55 bits per heavy atom. The summed E-state index contributed by atoms with van der Waals surface area (Å²) in [6.45, 7) is 0.450. The molecule has 0 aromatic rings. The standard InChI is InChI=1S/C6H11ClO4/c1-9-4-3-5(7)11-6(8)10-2/h5H,3-4H2,1-2H3. The lowest BCUT2D eigenvalue weighted by Crippen LogP contribution is -2.14. The molecule has 5 heteroatoms. The lowest BCUT2D eigenvalue weighted by atomic mass is 10.5. The number of carbonyl (C=O) groups excluding carboxylic acids is 1. The Morgan fingerprint density at radius 2 is 2.18 bits per heavy atom. The molecule has 11 heavy (non-hydrogen) atoms. The van der Waals surface area contributed by atoms with Crippen LogP contribution in [0.4, 0.5) is 4.79 Å². The molecule has 1 atom stereocenters. The molecule has 0 N–H and O–H groups in total. The molecule has 0 radical (unpaired) electrons. The first-order valence-corrected chi connectivity index (χ1v) is 3.52. The second-order valence-corrected chi connectivity index (χ2v) is 2.25. The van der Waals surface area contributed by atoms with Crippen LogP contribution < -0.4 is 0 Å². The lowest BCUT2D eigenvalue weighted by molar-refractivity contribution is 0.0516. The SMILES string of the molecule is COCCC(Cl)OC(=O)OC. The highest BCUT2D eigenvalue weighted by Gasteiger charge is 2.09. The molecule has 0 amide bonds. The zero-order chi connectivity index (χ0) is 8.69. The molecule has 66 valence electrons. The van der Waals surface area contributed by atoms with Gasteiger partial charge in [-0.25, -0.2) is 4.79 Å². The molecule has 0 saturated heterocycles. The maximum Gasteiger partial charge on any atom is 0.509 e. The number of halogens is 1. The topological polar surface area (TPSA) is 44.8 Å². The second kappa shape index (κ2) is 6.24. The van der Waals surface area contributed by atoms with Crippen LogP contribution in [0, 0.1) is 0 Å². The van der Waals surface area contributed by atoms with E-state index in [9.17, 15) is 4.79 Å². The predicted molar refractivity (Wildman–Crippen MR) is 39.6 cm³/mol. The van der Waals surface area contributed by atoms with Gasteiger partial charge in [-0.1, -0.05) is 11.6 Å². The molecule has 0 heterocycles. The van der Waals surface area contributed by atoms with Crippen LogP contribution in [0.2, 0.25) is 0 Å². The largest absolute Gasteiger partial charge is 0.509 e. The fourth-order valence-electron chi connectivity index (χ4n) is 0.422. The van der Waals surface area contributed by atoms with E-state index in [1.807, 2.05) is 0 Å². The van der Waals surface area contributed by atoms with Crippen molar-refractivity contribution in [3.63, 3.8) is 0 Å². The summed E-state index contributed by atoms with van der Waals surface area (Å²) in [5.41, 5.74) is -0.678. The Hall–Kier alpha value is -0.480. The summed E-state index contributed by atoms with van der Waals surface area (Å²) in [6.07, 6.45) is -0.325. The highest BCUT2D eigenvalue weighted by molar-refractivity contribution is 6.20. The van der Waals surface area contributed by atoms with Gasteiger partial charge in [0.15, 0.2) is 5.56 Å². The molecular weight excluding hydrogens is 172 g/mol. The molecule has 0 bridgehead atoms. The number of hydrogen-bond donors (Lipinski definition) is 0. The highest BCUT2D eigenvalue weighted by atomic mass is 35.5. The van der Waals surface area contributed by atoms with Gasteiger partial charge in [-0.05, 0) is 0 Å². The molecule has 0 aliphatic carbocycles. The Morgan fingerprint density at radius 3 is 2.64 bits per heavy atom. The third-order valence-corrected chi connectivity index (χ3v) is 1.25. The average molecular weight is 183 g/mol. The van der Waals surface area contributed by atoms with Crippen molar-refractivity contribution in [1.82, 2.24) is 0 Å². The van der Waals surface area contributed by atoms with E-state index in [0.29, 0.717) is 13.0 Å². The smallest absolute Gasteiger partial charge is 0.438 e. The average Bonchev–Trinajstić information content (AvgIpc) is 2.00. The summed E-state index contributed by atoms with van der Waals surface area (Å²) in [6, 6.07) is 0. The molecule has 0 fully saturated rings. The Bertz CT molecular complexity index is 117. The third-order valence-electron chi connectivity index (χ3n) is 0.940. The molecule has 4 nitrogen and oxygen atoms in total. The van der Waals surface area contributed by atoms with Gasteiger partial charge >= 0.3 is 6.16 Å². The third kappa shape index (κ3) is 5.94. The minimum Gasteiger partial charge on any atom is -0.438 e. The Balaban J connectivity index is 3.35. The van der Waals surface area contributed by atoms with Crippen molar-refractivity contribution >= 4 is 17.8 Å². The molecule has 0 rings (SSSR count). The maximum atomic E-state index is 10.4. The minimum atomic E-state index is -0.777. The first-order valence-electron chi connectivity index (χ1n) is 3.08. The van der Waals surface area contributed by atoms with Gasteiger partial charge in [-0.2, -0.15) is 0 Å². The van der Waals surface area contributed by atoms with Gasteiger partial charge in [-0.3, -0.25) is 0 Å². The number of carbonyl (C=O) groups is 1. The van der Waals surface area contributed by atoms with Gasteiger partial charge < -0.3 is 14.2 Å². The molecule has 0 aliphatic heterocycles. The maximum absolute atomic E-state index is 10.4. The molecule has 0 saturated carbocycles. The van der Waals surface area contributed by atoms with E-state index in [0.717, 1.165) is 0 Å². The van der Waals surface area contributed by atoms with Crippen molar-refractivity contribution in [3.8, 4) is 0 Å². The van der Waals surface area contributed by atoms with Crippen molar-refractivity contribution < 1.29 is 19.0 Å². The monoisotopic (exact) mass is 182 g/mol. The van der Waals surface area contributed by atoms with Gasteiger partial charge in [0, 0.05) is 13.5 Å². The van der Waals surface area contributed by atoms with Gasteiger partial charge in [0.2, 0.25) is 0 Å². The molecular formula is C6H11ClO4. The van der Waals surface area contributed by atoms with E-state index in [1.165, 1.54) is 7.11 Å². The van der Waals surface area contributed by atoms with Crippen molar-refractivity contribution in [1.29, 1.82) is 0 Å². The van der Waals surface area contributed by atoms with Crippen LogP contribution in [0.1, 0.15) is 6.42 Å². The van der Waals surface area contributed by atoms with Crippen molar-refractivity contribution in [2.45, 2.75) is 12.0 Å². The number of methoxy groups -OCH3 is 2. The Labute approximate surface area is 70.4 Å². The quantitative estimate of drug-likeness (QED) is 0.487. The van der Waals surface area contributed by atoms with Gasteiger partial charge in [0.05, 0.1) is 13.7 Å². The Kier molecular flexibility index (Phi) is 5.97. The highest BCUT2D eigenvalue weighted by Crippen LogP contribution is 2.04. The summed E-state index contributed by atoms with van der Waals surface area (Å²) < 4.78 is 13.5.